The molecule has 0 atom stereocenters. The molecule has 0 spiro atoms. The van der Waals surface area contributed by atoms with Crippen molar-refractivity contribution in [1.29, 1.82) is 0 Å². The number of carbonyl (C=O) groups excluding carboxylic acids is 2. The summed E-state index contributed by atoms with van der Waals surface area (Å²) in [6, 6.07) is 15.5. The first-order valence-corrected chi connectivity index (χ1v) is 11.9. The van der Waals surface area contributed by atoms with Crippen LogP contribution in [-0.2, 0) is 20.4 Å². The molecule has 0 aliphatic carbocycles. The standard InChI is InChI=1S/C27H38N4O3/c1-26(2,3)20-6-8-21(9-7-20)27(4,5)19-28-25(33)30-23-12-10-22(11-13-23)29-24(32)18-31-14-16-34-17-15-31/h6-13H,14-19H2,1-5H3,(H,29,32)(H2,28,30,33). The Morgan fingerprint density at radius 2 is 1.35 bits per heavy atom. The Balaban J connectivity index is 1.46. The van der Waals surface area contributed by atoms with Crippen LogP contribution in [-0.4, -0.2) is 56.2 Å². The predicted molar refractivity (Wildman–Crippen MR) is 138 cm³/mol. The molecular formula is C27H38N4O3. The fourth-order valence-corrected chi connectivity index (χ4v) is 3.80. The molecule has 2 aromatic carbocycles. The Morgan fingerprint density at radius 3 is 1.91 bits per heavy atom. The molecule has 0 bridgehead atoms. The van der Waals surface area contributed by atoms with Gasteiger partial charge in [-0.05, 0) is 40.8 Å². The Hall–Kier alpha value is -2.90. The van der Waals surface area contributed by atoms with Crippen LogP contribution in [0.1, 0.15) is 45.7 Å². The normalized spacial score (nSPS) is 15.0. The van der Waals surface area contributed by atoms with Gasteiger partial charge < -0.3 is 20.7 Å². The molecule has 0 radical (unpaired) electrons. The quantitative estimate of drug-likeness (QED) is 0.566. The van der Waals surface area contributed by atoms with Crippen molar-refractivity contribution < 1.29 is 14.3 Å². The van der Waals surface area contributed by atoms with Crippen LogP contribution in [0.2, 0.25) is 0 Å². The number of anilines is 2. The number of nitrogens with one attached hydrogen (secondary N) is 3. The number of ether oxygens (including phenoxy) is 1. The summed E-state index contributed by atoms with van der Waals surface area (Å²) in [5, 5.41) is 8.72. The molecule has 34 heavy (non-hydrogen) atoms. The third-order valence-corrected chi connectivity index (χ3v) is 6.12. The Labute approximate surface area is 203 Å². The van der Waals surface area contributed by atoms with Crippen molar-refractivity contribution in [3.63, 3.8) is 0 Å². The first kappa shape index (κ1) is 25.7. The number of morpholine rings is 1. The summed E-state index contributed by atoms with van der Waals surface area (Å²) in [7, 11) is 0. The number of rotatable bonds is 7. The molecule has 184 valence electrons. The van der Waals surface area contributed by atoms with E-state index in [2.05, 4.69) is 79.7 Å². The number of nitrogens with zero attached hydrogens (tertiary/aromatic N) is 1. The molecule has 1 fully saturated rings. The average Bonchev–Trinajstić information content (AvgIpc) is 2.79. The minimum absolute atomic E-state index is 0.0573. The van der Waals surface area contributed by atoms with Gasteiger partial charge in [-0.15, -0.1) is 0 Å². The summed E-state index contributed by atoms with van der Waals surface area (Å²) in [6.45, 7) is 14.5. The van der Waals surface area contributed by atoms with Gasteiger partial charge in [-0.3, -0.25) is 9.69 Å². The van der Waals surface area contributed by atoms with E-state index in [1.807, 2.05) is 0 Å². The summed E-state index contributed by atoms with van der Waals surface area (Å²) >= 11 is 0. The molecule has 0 unspecified atom stereocenters. The van der Waals surface area contributed by atoms with E-state index in [4.69, 9.17) is 4.74 Å². The Bertz CT molecular complexity index is 957. The van der Waals surface area contributed by atoms with Crippen molar-refractivity contribution in [2.24, 2.45) is 0 Å². The third kappa shape index (κ3) is 7.57. The van der Waals surface area contributed by atoms with Gasteiger partial charge >= 0.3 is 6.03 Å². The maximum atomic E-state index is 12.5. The van der Waals surface area contributed by atoms with Crippen LogP contribution in [0.4, 0.5) is 16.2 Å². The van der Waals surface area contributed by atoms with Gasteiger partial charge in [0, 0.05) is 36.4 Å². The summed E-state index contributed by atoms with van der Waals surface area (Å²) in [4.78, 5) is 26.8. The lowest BCUT2D eigenvalue weighted by molar-refractivity contribution is -0.118. The van der Waals surface area contributed by atoms with Gasteiger partial charge in [0.05, 0.1) is 19.8 Å². The number of urea groups is 1. The molecule has 2 aromatic rings. The topological polar surface area (TPSA) is 82.7 Å². The fourth-order valence-electron chi connectivity index (χ4n) is 3.80. The van der Waals surface area contributed by atoms with E-state index in [-0.39, 0.29) is 22.8 Å². The van der Waals surface area contributed by atoms with Gasteiger partial charge in [0.15, 0.2) is 0 Å². The second-order valence-electron chi connectivity index (χ2n) is 10.5. The number of amides is 3. The summed E-state index contributed by atoms with van der Waals surface area (Å²) in [5.74, 6) is -0.0573. The van der Waals surface area contributed by atoms with E-state index in [1.165, 1.54) is 11.1 Å². The fraction of sp³-hybridized carbons (Fsp3) is 0.481. The van der Waals surface area contributed by atoms with Crippen LogP contribution in [0, 0.1) is 0 Å². The number of carbonyl (C=O) groups is 2. The van der Waals surface area contributed by atoms with Crippen LogP contribution in [0.25, 0.3) is 0 Å². The first-order chi connectivity index (χ1) is 16.0. The van der Waals surface area contributed by atoms with E-state index >= 15 is 0 Å². The summed E-state index contributed by atoms with van der Waals surface area (Å²) in [5.41, 5.74) is 3.74. The molecule has 1 aliphatic heterocycles. The highest BCUT2D eigenvalue weighted by Gasteiger charge is 2.23. The van der Waals surface area contributed by atoms with Crippen LogP contribution in [0.15, 0.2) is 48.5 Å². The molecule has 7 nitrogen and oxygen atoms in total. The first-order valence-electron chi connectivity index (χ1n) is 11.9. The van der Waals surface area contributed by atoms with Crippen molar-refractivity contribution in [1.82, 2.24) is 10.2 Å². The predicted octanol–water partition coefficient (Wildman–Crippen LogP) is 4.35. The molecule has 1 saturated heterocycles. The number of hydrogen-bond donors (Lipinski definition) is 3. The van der Waals surface area contributed by atoms with Crippen LogP contribution >= 0.6 is 0 Å². The lowest BCUT2D eigenvalue weighted by Crippen LogP contribution is -2.41. The summed E-state index contributed by atoms with van der Waals surface area (Å²) < 4.78 is 5.30. The van der Waals surface area contributed by atoms with Crippen LogP contribution < -0.4 is 16.0 Å². The zero-order valence-electron chi connectivity index (χ0n) is 21.0. The van der Waals surface area contributed by atoms with Crippen molar-refractivity contribution in [2.45, 2.75) is 45.4 Å². The Kier molecular flexibility index (Phi) is 8.33. The molecular weight excluding hydrogens is 428 g/mol. The SMILES string of the molecule is CC(C)(C)c1ccc(C(C)(C)CNC(=O)Nc2ccc(NC(=O)CN3CCOCC3)cc2)cc1. The van der Waals surface area contributed by atoms with Gasteiger partial charge in [0.2, 0.25) is 5.91 Å². The molecule has 0 aromatic heterocycles. The third-order valence-electron chi connectivity index (χ3n) is 6.12. The van der Waals surface area contributed by atoms with Crippen LogP contribution in [0.5, 0.6) is 0 Å². The second-order valence-corrected chi connectivity index (χ2v) is 10.5. The zero-order chi connectivity index (χ0) is 24.8. The molecule has 3 rings (SSSR count). The number of benzene rings is 2. The highest BCUT2D eigenvalue weighted by molar-refractivity contribution is 5.93. The average molecular weight is 467 g/mol. The number of hydrogen-bond acceptors (Lipinski definition) is 4. The molecule has 3 amide bonds. The lowest BCUT2D eigenvalue weighted by atomic mass is 9.81. The van der Waals surface area contributed by atoms with E-state index in [0.717, 1.165) is 13.1 Å². The van der Waals surface area contributed by atoms with Gasteiger partial charge in [-0.2, -0.15) is 0 Å². The minimum Gasteiger partial charge on any atom is -0.379 e. The van der Waals surface area contributed by atoms with E-state index < -0.39 is 0 Å². The minimum atomic E-state index is -0.261. The van der Waals surface area contributed by atoms with Crippen molar-refractivity contribution >= 4 is 23.3 Å². The van der Waals surface area contributed by atoms with E-state index in [0.29, 0.717) is 37.7 Å². The van der Waals surface area contributed by atoms with Gasteiger partial charge in [-0.25, -0.2) is 4.79 Å². The molecule has 3 N–H and O–H groups in total. The summed E-state index contributed by atoms with van der Waals surface area (Å²) in [6.07, 6.45) is 0. The van der Waals surface area contributed by atoms with Gasteiger partial charge in [-0.1, -0.05) is 58.9 Å². The van der Waals surface area contributed by atoms with E-state index in [9.17, 15) is 9.59 Å². The van der Waals surface area contributed by atoms with Crippen LogP contribution in [0.3, 0.4) is 0 Å². The molecule has 1 heterocycles. The van der Waals surface area contributed by atoms with E-state index in [1.54, 1.807) is 24.3 Å². The van der Waals surface area contributed by atoms with Gasteiger partial charge in [0.1, 0.15) is 0 Å². The second kappa shape index (κ2) is 11.0. The lowest BCUT2D eigenvalue weighted by Gasteiger charge is -2.27. The maximum Gasteiger partial charge on any atom is 0.319 e. The highest BCUT2D eigenvalue weighted by atomic mass is 16.5. The molecule has 0 saturated carbocycles. The van der Waals surface area contributed by atoms with Crippen molar-refractivity contribution in [3.8, 4) is 0 Å². The smallest absolute Gasteiger partial charge is 0.319 e. The zero-order valence-corrected chi connectivity index (χ0v) is 21.0. The van der Waals surface area contributed by atoms with Gasteiger partial charge in [0.25, 0.3) is 0 Å². The highest BCUT2D eigenvalue weighted by Crippen LogP contribution is 2.27. The van der Waals surface area contributed by atoms with Crippen molar-refractivity contribution in [3.05, 3.63) is 59.7 Å². The maximum absolute atomic E-state index is 12.5. The largest absolute Gasteiger partial charge is 0.379 e. The molecule has 1 aliphatic rings. The molecule has 7 heteroatoms. The monoisotopic (exact) mass is 466 g/mol. The van der Waals surface area contributed by atoms with Crippen molar-refractivity contribution in [2.75, 3.05) is 50.0 Å². The Morgan fingerprint density at radius 1 is 0.824 bits per heavy atom.